The zero-order valence-corrected chi connectivity index (χ0v) is 14.4. The Labute approximate surface area is 154 Å². The Balaban J connectivity index is 1.99. The zero-order chi connectivity index (χ0) is 19.2. The molecule has 0 spiro atoms. The lowest BCUT2D eigenvalue weighted by Crippen LogP contribution is -2.55. The fraction of sp³-hybridized carbons (Fsp3) is 0.316. The number of ether oxygens (including phenoxy) is 4. The predicted octanol–water partition coefficient (Wildman–Crippen LogP) is 1.33. The smallest absolute Gasteiger partial charge is 0.314 e. The molecular formula is C19H18O8. The highest BCUT2D eigenvalue weighted by Crippen LogP contribution is 2.52. The van der Waals surface area contributed by atoms with Crippen LogP contribution in [0.3, 0.4) is 0 Å². The predicted molar refractivity (Wildman–Crippen MR) is 91.2 cm³/mol. The van der Waals surface area contributed by atoms with Crippen molar-refractivity contribution in [3.8, 4) is 23.0 Å². The van der Waals surface area contributed by atoms with Crippen LogP contribution in [0.2, 0.25) is 0 Å². The minimum absolute atomic E-state index is 0.0319. The molecule has 0 unspecified atom stereocenters. The van der Waals surface area contributed by atoms with Crippen molar-refractivity contribution in [1.82, 2.24) is 0 Å². The monoisotopic (exact) mass is 374 g/mol. The van der Waals surface area contributed by atoms with Gasteiger partial charge in [-0.3, -0.25) is 4.79 Å². The van der Waals surface area contributed by atoms with Gasteiger partial charge in [-0.05, 0) is 12.1 Å². The molecule has 0 bridgehead atoms. The van der Waals surface area contributed by atoms with E-state index in [1.807, 2.05) is 0 Å². The average Bonchev–Trinajstić information content (AvgIpc) is 3.12. The second kappa shape index (κ2) is 6.33. The van der Waals surface area contributed by atoms with Crippen LogP contribution in [-0.2, 0) is 4.79 Å². The molecule has 2 aromatic carbocycles. The SMILES string of the molecule is COc1ccccc1[C@@H]1c2cc3c(cc2O[C@@](O)(CO)[C@@H]1C(=O)O)OCO3. The number of aliphatic carboxylic acids is 1. The van der Waals surface area contributed by atoms with E-state index in [9.17, 15) is 20.1 Å². The Morgan fingerprint density at radius 2 is 1.89 bits per heavy atom. The molecule has 27 heavy (non-hydrogen) atoms. The van der Waals surface area contributed by atoms with Crippen LogP contribution in [0.5, 0.6) is 23.0 Å². The molecule has 0 amide bonds. The molecule has 142 valence electrons. The van der Waals surface area contributed by atoms with Gasteiger partial charge in [0.15, 0.2) is 11.5 Å². The van der Waals surface area contributed by atoms with E-state index in [4.69, 9.17) is 18.9 Å². The summed E-state index contributed by atoms with van der Waals surface area (Å²) in [6.07, 6.45) is 0. The van der Waals surface area contributed by atoms with Gasteiger partial charge >= 0.3 is 5.97 Å². The third kappa shape index (κ3) is 2.65. The maximum atomic E-state index is 12.1. The van der Waals surface area contributed by atoms with Crippen molar-refractivity contribution in [2.75, 3.05) is 20.5 Å². The molecule has 8 nitrogen and oxygen atoms in total. The van der Waals surface area contributed by atoms with Crippen LogP contribution in [0.25, 0.3) is 0 Å². The quantitative estimate of drug-likeness (QED) is 0.734. The van der Waals surface area contributed by atoms with Crippen LogP contribution < -0.4 is 18.9 Å². The molecule has 0 radical (unpaired) electrons. The first kappa shape index (κ1) is 17.4. The Hall–Kier alpha value is -2.97. The number of rotatable bonds is 4. The van der Waals surface area contributed by atoms with Crippen molar-refractivity contribution in [2.24, 2.45) is 5.92 Å². The maximum Gasteiger partial charge on any atom is 0.314 e. The Kier molecular flexibility index (Phi) is 4.09. The Bertz CT molecular complexity index is 895. The summed E-state index contributed by atoms with van der Waals surface area (Å²) >= 11 is 0. The van der Waals surface area contributed by atoms with Gasteiger partial charge in [-0.15, -0.1) is 0 Å². The van der Waals surface area contributed by atoms with Gasteiger partial charge in [0.1, 0.15) is 24.0 Å². The van der Waals surface area contributed by atoms with Gasteiger partial charge in [0, 0.05) is 23.1 Å². The van der Waals surface area contributed by atoms with Crippen LogP contribution in [0.1, 0.15) is 17.0 Å². The summed E-state index contributed by atoms with van der Waals surface area (Å²) in [4.78, 5) is 12.1. The molecule has 8 heteroatoms. The molecule has 0 fully saturated rings. The minimum atomic E-state index is -2.32. The normalized spacial score (nSPS) is 25.4. The van der Waals surface area contributed by atoms with E-state index in [0.717, 1.165) is 0 Å². The number of hydrogen-bond donors (Lipinski definition) is 3. The van der Waals surface area contributed by atoms with E-state index in [0.29, 0.717) is 28.4 Å². The van der Waals surface area contributed by atoms with Gasteiger partial charge < -0.3 is 34.3 Å². The highest BCUT2D eigenvalue weighted by atomic mass is 16.7. The van der Waals surface area contributed by atoms with E-state index in [1.165, 1.54) is 13.2 Å². The first-order valence-electron chi connectivity index (χ1n) is 8.30. The highest BCUT2D eigenvalue weighted by Gasteiger charge is 2.54. The van der Waals surface area contributed by atoms with Crippen LogP contribution >= 0.6 is 0 Å². The van der Waals surface area contributed by atoms with E-state index in [-0.39, 0.29) is 12.5 Å². The van der Waals surface area contributed by atoms with Crippen molar-refractivity contribution in [2.45, 2.75) is 11.7 Å². The lowest BCUT2D eigenvalue weighted by molar-refractivity contribution is -0.220. The molecule has 2 aromatic rings. The third-order valence-electron chi connectivity index (χ3n) is 4.91. The van der Waals surface area contributed by atoms with Crippen LogP contribution in [0.4, 0.5) is 0 Å². The minimum Gasteiger partial charge on any atom is -0.496 e. The number of hydrogen-bond acceptors (Lipinski definition) is 7. The zero-order valence-electron chi connectivity index (χ0n) is 14.4. The lowest BCUT2D eigenvalue weighted by Gasteiger charge is -2.42. The summed E-state index contributed by atoms with van der Waals surface area (Å²) in [6, 6.07) is 10.1. The van der Waals surface area contributed by atoms with Crippen molar-refractivity contribution in [1.29, 1.82) is 0 Å². The number of methoxy groups -OCH3 is 1. The summed E-state index contributed by atoms with van der Waals surface area (Å²) in [6.45, 7) is -0.867. The summed E-state index contributed by atoms with van der Waals surface area (Å²) in [5.41, 5.74) is 1.04. The van der Waals surface area contributed by atoms with E-state index >= 15 is 0 Å². The number of carboxylic acid groups (broad SMARTS) is 1. The van der Waals surface area contributed by atoms with Crippen molar-refractivity contribution in [3.63, 3.8) is 0 Å². The molecular weight excluding hydrogens is 356 g/mol. The molecule has 4 rings (SSSR count). The average molecular weight is 374 g/mol. The molecule has 0 aromatic heterocycles. The Morgan fingerprint density at radius 1 is 1.19 bits per heavy atom. The molecule has 3 N–H and O–H groups in total. The van der Waals surface area contributed by atoms with Gasteiger partial charge in [-0.1, -0.05) is 18.2 Å². The summed E-state index contributed by atoms with van der Waals surface area (Å²) < 4.78 is 21.7. The number of aliphatic hydroxyl groups excluding tert-OH is 1. The van der Waals surface area contributed by atoms with Gasteiger partial charge in [0.05, 0.1) is 7.11 Å². The summed E-state index contributed by atoms with van der Waals surface area (Å²) in [5, 5.41) is 30.5. The second-order valence-electron chi connectivity index (χ2n) is 6.38. The summed E-state index contributed by atoms with van der Waals surface area (Å²) in [5.74, 6) is -4.43. The van der Waals surface area contributed by atoms with Crippen LogP contribution in [0.15, 0.2) is 36.4 Å². The first-order chi connectivity index (χ1) is 13.0. The number of carbonyl (C=O) groups is 1. The molecule has 0 saturated heterocycles. The third-order valence-corrected chi connectivity index (χ3v) is 4.91. The number of fused-ring (bicyclic) bond motifs is 2. The van der Waals surface area contributed by atoms with Gasteiger partial charge in [-0.2, -0.15) is 0 Å². The molecule has 3 atom stereocenters. The Morgan fingerprint density at radius 3 is 2.56 bits per heavy atom. The maximum absolute atomic E-state index is 12.1. The molecule has 0 aliphatic carbocycles. The van der Waals surface area contributed by atoms with Gasteiger partial charge in [0.25, 0.3) is 0 Å². The largest absolute Gasteiger partial charge is 0.496 e. The first-order valence-corrected chi connectivity index (χ1v) is 8.30. The van der Waals surface area contributed by atoms with Gasteiger partial charge in [0.2, 0.25) is 12.6 Å². The van der Waals surface area contributed by atoms with E-state index < -0.39 is 30.2 Å². The molecule has 2 heterocycles. The number of aliphatic hydroxyl groups is 2. The number of benzene rings is 2. The number of carboxylic acids is 1. The fourth-order valence-electron chi connectivity index (χ4n) is 3.70. The van der Waals surface area contributed by atoms with Crippen molar-refractivity contribution >= 4 is 5.97 Å². The van der Waals surface area contributed by atoms with Crippen LogP contribution in [-0.4, -0.2) is 47.6 Å². The van der Waals surface area contributed by atoms with Crippen LogP contribution in [0, 0.1) is 5.92 Å². The topological polar surface area (TPSA) is 115 Å². The van der Waals surface area contributed by atoms with E-state index in [1.54, 1.807) is 30.3 Å². The highest BCUT2D eigenvalue weighted by molar-refractivity contribution is 5.76. The molecule has 2 aliphatic rings. The molecule has 0 saturated carbocycles. The second-order valence-corrected chi connectivity index (χ2v) is 6.38. The fourth-order valence-corrected chi connectivity index (χ4v) is 3.70. The van der Waals surface area contributed by atoms with Gasteiger partial charge in [-0.25, -0.2) is 0 Å². The van der Waals surface area contributed by atoms with Crippen molar-refractivity contribution in [3.05, 3.63) is 47.5 Å². The number of para-hydroxylation sites is 1. The standard InChI is InChI=1S/C19H18O8/c1-24-12-5-3-2-4-10(12)16-11-6-14-15(26-9-25-14)7-13(11)27-19(23,8-20)17(16)18(21)22/h2-7,16-17,20,23H,8-9H2,1H3,(H,21,22)/t16-,17+,19+/m1/s1. The summed E-state index contributed by atoms with van der Waals surface area (Å²) in [7, 11) is 1.48. The van der Waals surface area contributed by atoms with Crippen molar-refractivity contribution < 1.29 is 39.1 Å². The molecule has 2 aliphatic heterocycles. The lowest BCUT2D eigenvalue weighted by atomic mass is 9.74. The van der Waals surface area contributed by atoms with E-state index in [2.05, 4.69) is 0 Å².